The van der Waals surface area contributed by atoms with Crippen LogP contribution >= 0.6 is 0 Å². The number of nitrogens with zero attached hydrogens (tertiary/aromatic N) is 5. The van der Waals surface area contributed by atoms with Crippen LogP contribution in [0.5, 0.6) is 0 Å². The van der Waals surface area contributed by atoms with Gasteiger partial charge in [-0.2, -0.15) is 4.98 Å². The van der Waals surface area contributed by atoms with E-state index >= 15 is 0 Å². The second kappa shape index (κ2) is 7.12. The Labute approximate surface area is 144 Å². The second-order valence-electron chi connectivity index (χ2n) is 5.64. The molecule has 2 aromatic heterocycles. The highest BCUT2D eigenvalue weighted by molar-refractivity contribution is 5.88. The summed E-state index contributed by atoms with van der Waals surface area (Å²) in [5, 5.41) is 17.4. The molecule has 0 fully saturated rings. The van der Waals surface area contributed by atoms with E-state index < -0.39 is 0 Å². The number of urea groups is 1. The SMILES string of the molecule is Cc1nc(Cn2nnc(NC(=O)N[C@@H](C)c3ccccc3)c2C)no1. The summed E-state index contributed by atoms with van der Waals surface area (Å²) in [6.07, 6.45) is 0. The number of rotatable bonds is 5. The van der Waals surface area contributed by atoms with Gasteiger partial charge in [-0.3, -0.25) is 5.32 Å². The van der Waals surface area contributed by atoms with Crippen LogP contribution in [0, 0.1) is 13.8 Å². The monoisotopic (exact) mass is 341 g/mol. The lowest BCUT2D eigenvalue weighted by molar-refractivity contribution is 0.249. The molecule has 3 rings (SSSR count). The van der Waals surface area contributed by atoms with Crippen molar-refractivity contribution in [1.82, 2.24) is 30.5 Å². The first-order valence-corrected chi connectivity index (χ1v) is 7.84. The van der Waals surface area contributed by atoms with Gasteiger partial charge >= 0.3 is 6.03 Å². The number of aryl methyl sites for hydroxylation is 1. The molecule has 2 amide bonds. The molecule has 2 heterocycles. The van der Waals surface area contributed by atoms with Gasteiger partial charge in [0.15, 0.2) is 11.6 Å². The second-order valence-corrected chi connectivity index (χ2v) is 5.64. The number of anilines is 1. The van der Waals surface area contributed by atoms with Crippen LogP contribution in [0.15, 0.2) is 34.9 Å². The number of hydrogen-bond acceptors (Lipinski definition) is 6. The minimum atomic E-state index is -0.345. The molecule has 9 heteroatoms. The van der Waals surface area contributed by atoms with Gasteiger partial charge in [-0.15, -0.1) is 5.10 Å². The molecule has 0 spiro atoms. The average Bonchev–Trinajstić information content (AvgIpc) is 3.16. The van der Waals surface area contributed by atoms with Crippen molar-refractivity contribution in [2.75, 3.05) is 5.32 Å². The molecule has 9 nitrogen and oxygen atoms in total. The lowest BCUT2D eigenvalue weighted by atomic mass is 10.1. The summed E-state index contributed by atoms with van der Waals surface area (Å²) >= 11 is 0. The molecule has 0 saturated heterocycles. The first kappa shape index (κ1) is 16.6. The van der Waals surface area contributed by atoms with E-state index in [0.717, 1.165) is 5.56 Å². The minimum absolute atomic E-state index is 0.126. The van der Waals surface area contributed by atoms with Gasteiger partial charge in [0, 0.05) is 6.92 Å². The normalized spacial score (nSPS) is 12.0. The van der Waals surface area contributed by atoms with E-state index in [1.807, 2.05) is 44.2 Å². The quantitative estimate of drug-likeness (QED) is 0.736. The van der Waals surface area contributed by atoms with Crippen LogP contribution in [0.25, 0.3) is 0 Å². The van der Waals surface area contributed by atoms with Crippen molar-refractivity contribution in [1.29, 1.82) is 0 Å². The standard InChI is InChI=1S/C16H19N7O2/c1-10(13-7-5-4-6-8-13)17-16(24)19-15-11(2)23(22-20-15)9-14-18-12(3)25-21-14/h4-8,10H,9H2,1-3H3,(H2,17,19,24)/t10-/m0/s1. The summed E-state index contributed by atoms with van der Waals surface area (Å²) < 4.78 is 6.53. The fourth-order valence-corrected chi connectivity index (χ4v) is 2.33. The fraction of sp³-hybridized carbons (Fsp3) is 0.312. The lowest BCUT2D eigenvalue weighted by Gasteiger charge is -2.14. The van der Waals surface area contributed by atoms with E-state index in [4.69, 9.17) is 4.52 Å². The predicted molar refractivity (Wildman–Crippen MR) is 89.9 cm³/mol. The highest BCUT2D eigenvalue weighted by atomic mass is 16.5. The molecular formula is C16H19N7O2. The highest BCUT2D eigenvalue weighted by Crippen LogP contribution is 2.14. The third-order valence-electron chi connectivity index (χ3n) is 3.72. The Kier molecular flexibility index (Phi) is 4.73. The van der Waals surface area contributed by atoms with E-state index in [9.17, 15) is 4.79 Å². The third kappa shape index (κ3) is 4.00. The Hall–Kier alpha value is -3.23. The molecule has 1 atom stereocenters. The van der Waals surface area contributed by atoms with Crippen LogP contribution in [0.2, 0.25) is 0 Å². The molecule has 1 aromatic carbocycles. The van der Waals surface area contributed by atoms with Crippen molar-refractivity contribution in [3.05, 3.63) is 53.3 Å². The van der Waals surface area contributed by atoms with Crippen molar-refractivity contribution in [3.63, 3.8) is 0 Å². The predicted octanol–water partition coefficient (Wildman–Crippen LogP) is 2.21. The number of nitrogens with one attached hydrogen (secondary N) is 2. The van der Waals surface area contributed by atoms with Gasteiger partial charge in [-0.05, 0) is 19.4 Å². The van der Waals surface area contributed by atoms with Crippen molar-refractivity contribution in [3.8, 4) is 0 Å². The molecule has 25 heavy (non-hydrogen) atoms. The Morgan fingerprint density at radius 2 is 2.04 bits per heavy atom. The van der Waals surface area contributed by atoms with Crippen molar-refractivity contribution in [2.24, 2.45) is 0 Å². The Morgan fingerprint density at radius 1 is 1.28 bits per heavy atom. The number of carbonyl (C=O) groups excluding carboxylic acids is 1. The van der Waals surface area contributed by atoms with E-state index in [1.165, 1.54) is 0 Å². The molecule has 0 aliphatic carbocycles. The molecule has 0 unspecified atom stereocenters. The summed E-state index contributed by atoms with van der Waals surface area (Å²) in [7, 11) is 0. The molecule has 3 aromatic rings. The zero-order valence-electron chi connectivity index (χ0n) is 14.2. The van der Waals surface area contributed by atoms with Crippen LogP contribution in [-0.2, 0) is 6.54 Å². The highest BCUT2D eigenvalue weighted by Gasteiger charge is 2.15. The van der Waals surface area contributed by atoms with Gasteiger partial charge in [-0.25, -0.2) is 9.48 Å². The molecule has 0 bridgehead atoms. The van der Waals surface area contributed by atoms with Gasteiger partial charge < -0.3 is 9.84 Å². The number of benzene rings is 1. The van der Waals surface area contributed by atoms with Crippen molar-refractivity contribution < 1.29 is 9.32 Å². The van der Waals surface area contributed by atoms with Crippen LogP contribution in [-0.4, -0.2) is 31.2 Å². The zero-order valence-corrected chi connectivity index (χ0v) is 14.2. The molecule has 0 saturated carbocycles. The van der Waals surface area contributed by atoms with Crippen LogP contribution in [0.4, 0.5) is 10.6 Å². The van der Waals surface area contributed by atoms with Crippen LogP contribution in [0.3, 0.4) is 0 Å². The Balaban J connectivity index is 1.62. The lowest BCUT2D eigenvalue weighted by Crippen LogP contribution is -2.31. The summed E-state index contributed by atoms with van der Waals surface area (Å²) in [6.45, 7) is 5.76. The summed E-state index contributed by atoms with van der Waals surface area (Å²) in [6, 6.07) is 9.24. The van der Waals surface area contributed by atoms with Gasteiger partial charge in [0.25, 0.3) is 0 Å². The van der Waals surface area contributed by atoms with Crippen LogP contribution < -0.4 is 10.6 Å². The first-order chi connectivity index (χ1) is 12.0. The van der Waals surface area contributed by atoms with E-state index in [0.29, 0.717) is 29.8 Å². The molecule has 0 aliphatic rings. The van der Waals surface area contributed by atoms with Gasteiger partial charge in [0.05, 0.1) is 11.7 Å². The Bertz CT molecular complexity index is 857. The zero-order chi connectivity index (χ0) is 17.8. The number of aromatic nitrogens is 5. The maximum Gasteiger partial charge on any atom is 0.320 e. The number of carbonyl (C=O) groups is 1. The largest absolute Gasteiger partial charge is 0.340 e. The maximum absolute atomic E-state index is 12.2. The summed E-state index contributed by atoms with van der Waals surface area (Å²) in [5.74, 6) is 1.37. The fourth-order valence-electron chi connectivity index (χ4n) is 2.33. The van der Waals surface area contributed by atoms with Gasteiger partial charge in [0.1, 0.15) is 6.54 Å². The van der Waals surface area contributed by atoms with Crippen LogP contribution in [0.1, 0.15) is 35.9 Å². The number of hydrogen-bond donors (Lipinski definition) is 2. The summed E-state index contributed by atoms with van der Waals surface area (Å²) in [4.78, 5) is 16.3. The molecule has 0 aliphatic heterocycles. The van der Waals surface area contributed by atoms with Crippen molar-refractivity contribution in [2.45, 2.75) is 33.4 Å². The van der Waals surface area contributed by atoms with Gasteiger partial charge in [0.2, 0.25) is 5.89 Å². The topological polar surface area (TPSA) is 111 Å². The smallest absolute Gasteiger partial charge is 0.320 e. The first-order valence-electron chi connectivity index (χ1n) is 7.84. The Morgan fingerprint density at radius 3 is 2.72 bits per heavy atom. The van der Waals surface area contributed by atoms with Crippen molar-refractivity contribution >= 4 is 11.8 Å². The van der Waals surface area contributed by atoms with E-state index in [-0.39, 0.29) is 12.1 Å². The molecule has 0 radical (unpaired) electrons. The summed E-state index contributed by atoms with van der Waals surface area (Å²) in [5.41, 5.74) is 1.72. The molecular weight excluding hydrogens is 322 g/mol. The van der Waals surface area contributed by atoms with Gasteiger partial charge in [-0.1, -0.05) is 40.7 Å². The third-order valence-corrected chi connectivity index (χ3v) is 3.72. The minimum Gasteiger partial charge on any atom is -0.340 e. The molecule has 130 valence electrons. The average molecular weight is 341 g/mol. The number of amides is 2. The van der Waals surface area contributed by atoms with E-state index in [1.54, 1.807) is 11.6 Å². The maximum atomic E-state index is 12.2. The molecule has 2 N–H and O–H groups in total. The van der Waals surface area contributed by atoms with E-state index in [2.05, 4.69) is 31.1 Å².